The first kappa shape index (κ1) is 19.1. The van der Waals surface area contributed by atoms with Gasteiger partial charge in [0.25, 0.3) is 0 Å². The van der Waals surface area contributed by atoms with Crippen molar-refractivity contribution in [1.82, 2.24) is 0 Å². The fraction of sp³-hybridized carbons (Fsp3) is 0. The zero-order valence-electron chi connectivity index (χ0n) is 15.3. The Labute approximate surface area is 171 Å². The molecule has 4 heteroatoms. The molecule has 4 aromatic carbocycles. The van der Waals surface area contributed by atoms with Gasteiger partial charge in [-0.1, -0.05) is 133 Å². The molecule has 1 nitrogen and oxygen atoms in total. The molecule has 0 aliphatic rings. The fourth-order valence-electron chi connectivity index (χ4n) is 3.47. The number of hydrogen-bond donors (Lipinski definition) is 0. The van der Waals surface area contributed by atoms with Crippen LogP contribution in [0, 0.1) is 0 Å². The van der Waals surface area contributed by atoms with Crippen molar-refractivity contribution in [2.75, 3.05) is 0 Å². The summed E-state index contributed by atoms with van der Waals surface area (Å²) in [4.78, 5) is 0. The zero-order valence-corrected chi connectivity index (χ0v) is 17.9. The highest BCUT2D eigenvalue weighted by Gasteiger charge is 2.44. The predicted molar refractivity (Wildman–Crippen MR) is 126 cm³/mol. The van der Waals surface area contributed by atoms with Gasteiger partial charge in [-0.15, -0.1) is 0 Å². The standard InChI is InChI=1S/C24H20OP2S/c25-26(21-13-5-1-6-14-21,22-15-7-2-8-16-22)27(28,23-17-9-3-10-18-23)24-19-11-4-12-20-24/h1-20H. The Balaban J connectivity index is 2.13. The summed E-state index contributed by atoms with van der Waals surface area (Å²) in [6.07, 6.45) is 0. The summed E-state index contributed by atoms with van der Waals surface area (Å²) in [7, 11) is 0. The summed E-state index contributed by atoms with van der Waals surface area (Å²) < 4.78 is 15.2. The number of hydrogen-bond acceptors (Lipinski definition) is 2. The van der Waals surface area contributed by atoms with E-state index >= 15 is 4.57 Å². The number of rotatable bonds is 5. The van der Waals surface area contributed by atoms with Crippen LogP contribution in [0.3, 0.4) is 0 Å². The Hall–Kier alpha value is -2.24. The first-order chi connectivity index (χ1) is 13.7. The molecule has 0 aromatic heterocycles. The molecule has 4 aromatic rings. The molecule has 0 N–H and O–H groups in total. The molecule has 0 aliphatic heterocycles. The van der Waals surface area contributed by atoms with Crippen LogP contribution in [0.25, 0.3) is 0 Å². The maximum absolute atomic E-state index is 15.2. The first-order valence-electron chi connectivity index (χ1n) is 9.10. The predicted octanol–water partition coefficient (Wildman–Crippen LogP) is 5.05. The molecule has 0 radical (unpaired) electrons. The molecular formula is C24H20OP2S. The van der Waals surface area contributed by atoms with Gasteiger partial charge in [0.05, 0.1) is 5.73 Å². The van der Waals surface area contributed by atoms with Gasteiger partial charge in [0.2, 0.25) is 0 Å². The van der Waals surface area contributed by atoms with Crippen LogP contribution in [0.5, 0.6) is 0 Å². The van der Waals surface area contributed by atoms with Gasteiger partial charge in [0.1, 0.15) is 0 Å². The Bertz CT molecular complexity index is 962. The molecule has 0 aliphatic carbocycles. The van der Waals surface area contributed by atoms with E-state index in [4.69, 9.17) is 11.8 Å². The lowest BCUT2D eigenvalue weighted by Gasteiger charge is -2.33. The van der Waals surface area contributed by atoms with Crippen molar-refractivity contribution in [3.05, 3.63) is 121 Å². The second-order valence-electron chi connectivity index (χ2n) is 6.49. The smallest absolute Gasteiger partial charge is 0.180 e. The molecule has 4 rings (SSSR count). The molecule has 0 spiro atoms. The maximum atomic E-state index is 15.2. The normalized spacial score (nSPS) is 11.9. The molecule has 28 heavy (non-hydrogen) atoms. The monoisotopic (exact) mass is 418 g/mol. The quantitative estimate of drug-likeness (QED) is 0.422. The summed E-state index contributed by atoms with van der Waals surface area (Å²) in [5.41, 5.74) is -2.70. The summed E-state index contributed by atoms with van der Waals surface area (Å²) >= 11 is 6.48. The van der Waals surface area contributed by atoms with Crippen LogP contribution in [0.15, 0.2) is 121 Å². The van der Waals surface area contributed by atoms with Crippen LogP contribution in [0.4, 0.5) is 0 Å². The molecule has 0 unspecified atom stereocenters. The molecular weight excluding hydrogens is 398 g/mol. The third-order valence-electron chi connectivity index (χ3n) is 4.82. The van der Waals surface area contributed by atoms with E-state index < -0.39 is 12.6 Å². The van der Waals surface area contributed by atoms with E-state index in [0.29, 0.717) is 0 Å². The van der Waals surface area contributed by atoms with E-state index in [0.717, 1.165) is 21.2 Å². The summed E-state index contributed by atoms with van der Waals surface area (Å²) in [5.74, 6) is 0. The highest BCUT2D eigenvalue weighted by atomic mass is 32.6. The van der Waals surface area contributed by atoms with E-state index in [-0.39, 0.29) is 0 Å². The minimum Gasteiger partial charge on any atom is -0.308 e. The van der Waals surface area contributed by atoms with Gasteiger partial charge in [-0.3, -0.25) is 0 Å². The van der Waals surface area contributed by atoms with Gasteiger partial charge in [0.15, 0.2) is 6.83 Å². The van der Waals surface area contributed by atoms with Crippen molar-refractivity contribution >= 4 is 45.6 Å². The van der Waals surface area contributed by atoms with E-state index in [9.17, 15) is 0 Å². The van der Waals surface area contributed by atoms with Crippen molar-refractivity contribution in [3.8, 4) is 0 Å². The highest BCUT2D eigenvalue weighted by molar-refractivity contribution is 8.63. The third-order valence-corrected chi connectivity index (χ3v) is 18.1. The molecule has 0 fully saturated rings. The summed E-state index contributed by atoms with van der Waals surface area (Å²) in [6, 6.07) is 39.6. The minimum atomic E-state index is -3.16. The van der Waals surface area contributed by atoms with Gasteiger partial charge < -0.3 is 4.57 Å². The summed E-state index contributed by atoms with van der Waals surface area (Å²) in [6.45, 7) is -3.16. The van der Waals surface area contributed by atoms with Crippen LogP contribution < -0.4 is 21.2 Å². The first-order valence-corrected chi connectivity index (χ1v) is 14.3. The second kappa shape index (κ2) is 8.02. The fourth-order valence-corrected chi connectivity index (χ4v) is 15.6. The Morgan fingerprint density at radius 3 is 0.964 bits per heavy atom. The van der Waals surface area contributed by atoms with Crippen LogP contribution in [0.2, 0.25) is 0 Å². The highest BCUT2D eigenvalue weighted by Crippen LogP contribution is 2.78. The molecule has 0 atom stereocenters. The average Bonchev–Trinajstić information content (AvgIpc) is 2.80. The minimum absolute atomic E-state index is 0.817. The van der Waals surface area contributed by atoms with E-state index in [1.807, 2.05) is 121 Å². The number of benzene rings is 4. The largest absolute Gasteiger partial charge is 0.308 e. The Morgan fingerprint density at radius 1 is 0.429 bits per heavy atom. The van der Waals surface area contributed by atoms with Crippen molar-refractivity contribution < 1.29 is 4.57 Å². The van der Waals surface area contributed by atoms with Crippen molar-refractivity contribution in [3.63, 3.8) is 0 Å². The topological polar surface area (TPSA) is 17.1 Å². The average molecular weight is 418 g/mol. The van der Waals surface area contributed by atoms with Crippen molar-refractivity contribution in [1.29, 1.82) is 0 Å². The molecule has 0 bridgehead atoms. The maximum Gasteiger partial charge on any atom is 0.180 e. The van der Waals surface area contributed by atoms with Gasteiger partial charge in [-0.25, -0.2) is 0 Å². The molecule has 138 valence electrons. The second-order valence-corrected chi connectivity index (χ2v) is 16.8. The Kier molecular flexibility index (Phi) is 5.47. The van der Waals surface area contributed by atoms with Gasteiger partial charge in [-0.2, -0.15) is 0 Å². The van der Waals surface area contributed by atoms with E-state index in [2.05, 4.69) is 0 Å². The third kappa shape index (κ3) is 3.12. The molecule has 0 saturated carbocycles. The molecule has 0 heterocycles. The SMILES string of the molecule is O=P(c1ccccc1)(c1ccccc1)P(=S)(c1ccccc1)c1ccccc1. The lowest BCUT2D eigenvalue weighted by molar-refractivity contribution is 0.595. The van der Waals surface area contributed by atoms with Gasteiger partial charge >= 0.3 is 0 Å². The Morgan fingerprint density at radius 2 is 0.679 bits per heavy atom. The summed E-state index contributed by atoms with van der Waals surface area (Å²) in [5, 5.41) is 3.59. The van der Waals surface area contributed by atoms with Crippen molar-refractivity contribution in [2.24, 2.45) is 0 Å². The van der Waals surface area contributed by atoms with Crippen LogP contribution >= 0.6 is 12.6 Å². The van der Waals surface area contributed by atoms with Gasteiger partial charge in [-0.05, 0) is 10.6 Å². The zero-order chi connectivity index (χ0) is 19.5. The van der Waals surface area contributed by atoms with Gasteiger partial charge in [0, 0.05) is 10.6 Å². The van der Waals surface area contributed by atoms with E-state index in [1.165, 1.54) is 0 Å². The molecule has 0 saturated heterocycles. The van der Waals surface area contributed by atoms with Crippen molar-refractivity contribution in [2.45, 2.75) is 0 Å². The van der Waals surface area contributed by atoms with E-state index in [1.54, 1.807) is 0 Å². The molecule has 0 amide bonds. The van der Waals surface area contributed by atoms with Crippen LogP contribution in [-0.2, 0) is 16.4 Å². The lowest BCUT2D eigenvalue weighted by Crippen LogP contribution is -2.25. The lowest BCUT2D eigenvalue weighted by atomic mass is 10.4. The van der Waals surface area contributed by atoms with Crippen LogP contribution in [-0.4, -0.2) is 0 Å². The van der Waals surface area contributed by atoms with Crippen LogP contribution in [0.1, 0.15) is 0 Å².